The van der Waals surface area contributed by atoms with Gasteiger partial charge in [-0.1, -0.05) is 24.3 Å². The van der Waals surface area contributed by atoms with Gasteiger partial charge in [-0.05, 0) is 31.0 Å². The fourth-order valence-corrected chi connectivity index (χ4v) is 2.99. The van der Waals surface area contributed by atoms with Crippen LogP contribution in [0.2, 0.25) is 0 Å². The molecule has 1 fully saturated rings. The van der Waals surface area contributed by atoms with Crippen LogP contribution >= 0.6 is 0 Å². The third-order valence-corrected chi connectivity index (χ3v) is 4.46. The Labute approximate surface area is 146 Å². The molecule has 1 N–H and O–H groups in total. The molecule has 0 saturated heterocycles. The van der Waals surface area contributed by atoms with Gasteiger partial charge in [0.05, 0.1) is 18.2 Å². The van der Waals surface area contributed by atoms with Crippen LogP contribution < -0.4 is 10.1 Å². The molecule has 1 aliphatic rings. The van der Waals surface area contributed by atoms with Crippen molar-refractivity contribution in [1.29, 1.82) is 0 Å². The summed E-state index contributed by atoms with van der Waals surface area (Å²) in [5.74, 6) is 0.919. The maximum atomic E-state index is 12.8. The van der Waals surface area contributed by atoms with Crippen LogP contribution in [0, 0.1) is 0 Å². The van der Waals surface area contributed by atoms with Gasteiger partial charge >= 0.3 is 0 Å². The first kappa shape index (κ1) is 15.6. The maximum Gasteiger partial charge on any atom is 0.252 e. The summed E-state index contributed by atoms with van der Waals surface area (Å²) in [7, 11) is 1.58. The molecule has 1 amide bonds. The number of hydrogen-bond acceptors (Lipinski definition) is 4. The van der Waals surface area contributed by atoms with E-state index in [2.05, 4.69) is 10.3 Å². The summed E-state index contributed by atoms with van der Waals surface area (Å²) >= 11 is 0. The van der Waals surface area contributed by atoms with E-state index in [0.29, 0.717) is 23.9 Å². The predicted octanol–water partition coefficient (Wildman–Crippen LogP) is 3.45. The SMILES string of the molecule is COc1ncccc1CNC(=O)c1cc(C2CC2)nc2ccccc12. The highest BCUT2D eigenvalue weighted by Crippen LogP contribution is 2.40. The lowest BCUT2D eigenvalue weighted by atomic mass is 10.1. The lowest BCUT2D eigenvalue weighted by Crippen LogP contribution is -2.23. The summed E-state index contributed by atoms with van der Waals surface area (Å²) in [6, 6.07) is 13.5. The number of carbonyl (C=O) groups is 1. The summed E-state index contributed by atoms with van der Waals surface area (Å²) in [5.41, 5.74) is 3.41. The number of benzene rings is 1. The molecule has 1 saturated carbocycles. The molecule has 126 valence electrons. The first-order valence-corrected chi connectivity index (χ1v) is 8.42. The zero-order valence-electron chi connectivity index (χ0n) is 14.0. The van der Waals surface area contributed by atoms with Crippen molar-refractivity contribution in [2.75, 3.05) is 7.11 Å². The Kier molecular flexibility index (Phi) is 4.06. The van der Waals surface area contributed by atoms with Crippen molar-refractivity contribution >= 4 is 16.8 Å². The normalized spacial score (nSPS) is 13.6. The van der Waals surface area contributed by atoms with Crippen LogP contribution in [0.25, 0.3) is 10.9 Å². The second-order valence-corrected chi connectivity index (χ2v) is 6.24. The van der Waals surface area contributed by atoms with Crippen molar-refractivity contribution in [3.8, 4) is 5.88 Å². The van der Waals surface area contributed by atoms with Crippen molar-refractivity contribution in [2.45, 2.75) is 25.3 Å². The van der Waals surface area contributed by atoms with Crippen molar-refractivity contribution in [3.05, 3.63) is 65.5 Å². The zero-order valence-corrected chi connectivity index (χ0v) is 14.0. The number of carbonyl (C=O) groups excluding carboxylic acids is 1. The molecule has 2 heterocycles. The first-order chi connectivity index (χ1) is 12.3. The van der Waals surface area contributed by atoms with E-state index in [1.807, 2.05) is 42.5 Å². The number of fused-ring (bicyclic) bond motifs is 1. The van der Waals surface area contributed by atoms with E-state index in [1.54, 1.807) is 13.3 Å². The van der Waals surface area contributed by atoms with Crippen LogP contribution in [-0.2, 0) is 6.54 Å². The van der Waals surface area contributed by atoms with Gasteiger partial charge in [-0.3, -0.25) is 9.78 Å². The van der Waals surface area contributed by atoms with Gasteiger partial charge in [0.2, 0.25) is 5.88 Å². The molecule has 0 unspecified atom stereocenters. The maximum absolute atomic E-state index is 12.8. The highest BCUT2D eigenvalue weighted by Gasteiger charge is 2.26. The molecule has 0 spiro atoms. The highest BCUT2D eigenvalue weighted by molar-refractivity contribution is 6.06. The molecule has 0 aliphatic heterocycles. The van der Waals surface area contributed by atoms with Crippen molar-refractivity contribution < 1.29 is 9.53 Å². The Morgan fingerprint density at radius 3 is 2.88 bits per heavy atom. The zero-order chi connectivity index (χ0) is 17.2. The molecule has 4 rings (SSSR count). The van der Waals surface area contributed by atoms with Gasteiger partial charge in [-0.25, -0.2) is 4.98 Å². The number of nitrogens with one attached hydrogen (secondary N) is 1. The minimum Gasteiger partial charge on any atom is -0.481 e. The van der Waals surface area contributed by atoms with Gasteiger partial charge in [0, 0.05) is 35.3 Å². The quantitative estimate of drug-likeness (QED) is 0.777. The highest BCUT2D eigenvalue weighted by atomic mass is 16.5. The lowest BCUT2D eigenvalue weighted by Gasteiger charge is -2.11. The Morgan fingerprint density at radius 2 is 2.08 bits per heavy atom. The molecule has 2 aromatic heterocycles. The average Bonchev–Trinajstić information content (AvgIpc) is 3.50. The Bertz CT molecular complexity index is 935. The third-order valence-electron chi connectivity index (χ3n) is 4.46. The van der Waals surface area contributed by atoms with E-state index in [4.69, 9.17) is 9.72 Å². The fraction of sp³-hybridized carbons (Fsp3) is 0.250. The minimum atomic E-state index is -0.105. The predicted molar refractivity (Wildman–Crippen MR) is 95.7 cm³/mol. The van der Waals surface area contributed by atoms with E-state index < -0.39 is 0 Å². The van der Waals surface area contributed by atoms with Crippen molar-refractivity contribution in [2.24, 2.45) is 0 Å². The Hall–Kier alpha value is -2.95. The van der Waals surface area contributed by atoms with Crippen LogP contribution in [0.15, 0.2) is 48.7 Å². The van der Waals surface area contributed by atoms with Crippen LogP contribution in [-0.4, -0.2) is 23.0 Å². The largest absolute Gasteiger partial charge is 0.481 e. The molecule has 25 heavy (non-hydrogen) atoms. The second kappa shape index (κ2) is 6.51. The monoisotopic (exact) mass is 333 g/mol. The van der Waals surface area contributed by atoms with Crippen LogP contribution in [0.4, 0.5) is 0 Å². The Balaban J connectivity index is 1.63. The smallest absolute Gasteiger partial charge is 0.252 e. The number of nitrogens with zero attached hydrogens (tertiary/aromatic N) is 2. The van der Waals surface area contributed by atoms with Crippen molar-refractivity contribution in [1.82, 2.24) is 15.3 Å². The van der Waals surface area contributed by atoms with Gasteiger partial charge in [-0.15, -0.1) is 0 Å². The molecular formula is C20H19N3O2. The van der Waals surface area contributed by atoms with Gasteiger partial charge < -0.3 is 10.1 Å². The summed E-state index contributed by atoms with van der Waals surface area (Å²) in [6.07, 6.45) is 3.97. The number of ether oxygens (including phenoxy) is 1. The summed E-state index contributed by atoms with van der Waals surface area (Å²) in [5, 5.41) is 3.86. The van der Waals surface area contributed by atoms with E-state index in [1.165, 1.54) is 0 Å². The molecule has 1 aromatic carbocycles. The van der Waals surface area contributed by atoms with Crippen LogP contribution in [0.3, 0.4) is 0 Å². The van der Waals surface area contributed by atoms with Crippen molar-refractivity contribution in [3.63, 3.8) is 0 Å². The molecule has 1 aliphatic carbocycles. The van der Waals surface area contributed by atoms with Gasteiger partial charge in [0.15, 0.2) is 0 Å². The molecule has 3 aromatic rings. The van der Waals surface area contributed by atoms with Gasteiger partial charge in [0.1, 0.15) is 0 Å². The van der Waals surface area contributed by atoms with E-state index in [0.717, 1.165) is 35.0 Å². The lowest BCUT2D eigenvalue weighted by molar-refractivity contribution is 0.0952. The van der Waals surface area contributed by atoms with E-state index >= 15 is 0 Å². The molecular weight excluding hydrogens is 314 g/mol. The average molecular weight is 333 g/mol. The molecule has 0 bridgehead atoms. The topological polar surface area (TPSA) is 64.1 Å². The minimum absolute atomic E-state index is 0.105. The van der Waals surface area contributed by atoms with Crippen LogP contribution in [0.5, 0.6) is 5.88 Å². The second-order valence-electron chi connectivity index (χ2n) is 6.24. The van der Waals surface area contributed by atoms with E-state index in [-0.39, 0.29) is 5.91 Å². The number of methoxy groups -OCH3 is 1. The summed E-state index contributed by atoms with van der Waals surface area (Å²) < 4.78 is 5.24. The summed E-state index contributed by atoms with van der Waals surface area (Å²) in [6.45, 7) is 0.366. The number of hydrogen-bond donors (Lipinski definition) is 1. The molecule has 5 nitrogen and oxygen atoms in total. The molecule has 0 atom stereocenters. The molecule has 0 radical (unpaired) electrons. The number of amides is 1. The standard InChI is InChI=1S/C20H19N3O2/c1-25-20-14(5-4-10-21-20)12-22-19(24)16-11-18(13-8-9-13)23-17-7-3-2-6-15(16)17/h2-7,10-11,13H,8-9,12H2,1H3,(H,22,24). The fourth-order valence-electron chi connectivity index (χ4n) is 2.99. The van der Waals surface area contributed by atoms with Gasteiger partial charge in [-0.2, -0.15) is 0 Å². The molecule has 5 heteroatoms. The number of aromatic nitrogens is 2. The number of para-hydroxylation sites is 1. The number of pyridine rings is 2. The van der Waals surface area contributed by atoms with E-state index in [9.17, 15) is 4.79 Å². The first-order valence-electron chi connectivity index (χ1n) is 8.42. The van der Waals surface area contributed by atoms with Gasteiger partial charge in [0.25, 0.3) is 5.91 Å². The van der Waals surface area contributed by atoms with Crippen LogP contribution in [0.1, 0.15) is 40.4 Å². The third kappa shape index (κ3) is 3.18. The summed E-state index contributed by atoms with van der Waals surface area (Å²) in [4.78, 5) is 21.7. The number of rotatable bonds is 5. The Morgan fingerprint density at radius 1 is 1.24 bits per heavy atom.